The molecule has 2 aliphatic heterocycles. The molecule has 0 N–H and O–H groups in total. The third-order valence-corrected chi connectivity index (χ3v) is 6.00. The Morgan fingerprint density at radius 3 is 2.52 bits per heavy atom. The number of carbonyl (C=O) groups excluding carboxylic acids is 2. The second-order valence-electron chi connectivity index (χ2n) is 7.39. The number of amides is 2. The van der Waals surface area contributed by atoms with Crippen molar-refractivity contribution in [1.82, 2.24) is 9.80 Å². The number of methoxy groups -OCH3 is 1. The van der Waals surface area contributed by atoms with Gasteiger partial charge in [-0.15, -0.1) is 0 Å². The topological polar surface area (TPSA) is 53.1 Å². The van der Waals surface area contributed by atoms with Crippen molar-refractivity contribution >= 4 is 29.1 Å². The van der Waals surface area contributed by atoms with Crippen LogP contribution in [0.25, 0.3) is 0 Å². The Balaban J connectivity index is 1.39. The van der Waals surface area contributed by atoms with Crippen molar-refractivity contribution in [2.45, 2.75) is 19.0 Å². The van der Waals surface area contributed by atoms with E-state index in [9.17, 15) is 9.59 Å². The van der Waals surface area contributed by atoms with Crippen LogP contribution < -0.4 is 9.64 Å². The molecule has 0 aliphatic carbocycles. The van der Waals surface area contributed by atoms with Gasteiger partial charge in [0.25, 0.3) is 5.91 Å². The minimum atomic E-state index is -0.392. The van der Waals surface area contributed by atoms with Gasteiger partial charge < -0.3 is 4.74 Å². The summed E-state index contributed by atoms with van der Waals surface area (Å²) in [5.41, 5.74) is 1.68. The van der Waals surface area contributed by atoms with E-state index in [1.54, 1.807) is 31.4 Å². The molecule has 152 valence electrons. The number of rotatable bonds is 5. The number of carbonyl (C=O) groups is 2. The van der Waals surface area contributed by atoms with Gasteiger partial charge >= 0.3 is 0 Å². The van der Waals surface area contributed by atoms with Crippen LogP contribution in [0.15, 0.2) is 48.5 Å². The summed E-state index contributed by atoms with van der Waals surface area (Å²) < 4.78 is 5.22. The maximum Gasteiger partial charge on any atom is 0.251 e. The number of imide groups is 1. The second kappa shape index (κ2) is 8.53. The molecule has 2 aromatic carbocycles. The van der Waals surface area contributed by atoms with E-state index in [-0.39, 0.29) is 18.2 Å². The Morgan fingerprint density at radius 1 is 1.03 bits per heavy atom. The minimum absolute atomic E-state index is 0.150. The third-order valence-electron chi connectivity index (χ3n) is 5.63. The highest BCUT2D eigenvalue weighted by Crippen LogP contribution is 2.29. The quantitative estimate of drug-likeness (QED) is 0.705. The normalized spacial score (nSPS) is 21.0. The molecule has 0 bridgehead atoms. The van der Waals surface area contributed by atoms with Crippen LogP contribution >= 0.6 is 11.6 Å². The van der Waals surface area contributed by atoms with Gasteiger partial charge in [-0.1, -0.05) is 35.9 Å². The average molecular weight is 414 g/mol. The molecule has 4 rings (SSSR count). The SMILES string of the molecule is COc1cccc(N2C(=O)C[C@@H](N3CCN(Cc4ccccc4Cl)CC3)C2=O)c1. The molecule has 0 radical (unpaired) electrons. The summed E-state index contributed by atoms with van der Waals surface area (Å²) in [5, 5.41) is 0.778. The Bertz CT molecular complexity index is 912. The maximum atomic E-state index is 13.0. The molecular formula is C22H24ClN3O3. The van der Waals surface area contributed by atoms with Gasteiger partial charge in [-0.25, -0.2) is 4.90 Å². The standard InChI is InChI=1S/C22H24ClN3O3/c1-29-18-7-4-6-17(13-18)26-21(27)14-20(22(26)28)25-11-9-24(10-12-25)15-16-5-2-3-8-19(16)23/h2-8,13,20H,9-12,14-15H2,1H3/t20-/m1/s1. The lowest BCUT2D eigenvalue weighted by atomic mass is 10.1. The van der Waals surface area contributed by atoms with Crippen molar-refractivity contribution in [1.29, 1.82) is 0 Å². The Morgan fingerprint density at radius 2 is 1.79 bits per heavy atom. The third kappa shape index (κ3) is 4.15. The van der Waals surface area contributed by atoms with Crippen molar-refractivity contribution in [3.05, 3.63) is 59.1 Å². The van der Waals surface area contributed by atoms with Crippen molar-refractivity contribution in [3.63, 3.8) is 0 Å². The number of anilines is 1. The van der Waals surface area contributed by atoms with Gasteiger partial charge in [-0.2, -0.15) is 0 Å². The first-order chi connectivity index (χ1) is 14.1. The summed E-state index contributed by atoms with van der Waals surface area (Å²) in [4.78, 5) is 31.4. The monoisotopic (exact) mass is 413 g/mol. The first-order valence-corrected chi connectivity index (χ1v) is 10.2. The van der Waals surface area contributed by atoms with Crippen LogP contribution in [-0.4, -0.2) is 60.9 Å². The summed E-state index contributed by atoms with van der Waals surface area (Å²) >= 11 is 6.27. The van der Waals surface area contributed by atoms with Gasteiger partial charge in [-0.05, 0) is 23.8 Å². The number of halogens is 1. The molecule has 2 aliphatic rings. The van der Waals surface area contributed by atoms with Crippen LogP contribution in [0.5, 0.6) is 5.75 Å². The van der Waals surface area contributed by atoms with E-state index in [1.807, 2.05) is 24.3 Å². The zero-order valence-corrected chi connectivity index (χ0v) is 17.1. The van der Waals surface area contributed by atoms with Crippen LogP contribution in [0.4, 0.5) is 5.69 Å². The van der Waals surface area contributed by atoms with E-state index in [4.69, 9.17) is 16.3 Å². The van der Waals surface area contributed by atoms with Crippen molar-refractivity contribution in [2.24, 2.45) is 0 Å². The summed E-state index contributed by atoms with van der Waals surface area (Å²) in [5.74, 6) is 0.314. The largest absolute Gasteiger partial charge is 0.497 e. The predicted octanol–water partition coefficient (Wildman–Crippen LogP) is 2.80. The fourth-order valence-corrected chi connectivity index (χ4v) is 4.22. The number of benzene rings is 2. The van der Waals surface area contributed by atoms with Crippen LogP contribution in [-0.2, 0) is 16.1 Å². The van der Waals surface area contributed by atoms with Crippen molar-refractivity contribution < 1.29 is 14.3 Å². The Labute approximate surface area is 175 Å². The molecule has 0 unspecified atom stereocenters. The van der Waals surface area contributed by atoms with Crippen LogP contribution in [0, 0.1) is 0 Å². The summed E-state index contributed by atoms with van der Waals surface area (Å²) in [6.45, 7) is 3.96. The first kappa shape index (κ1) is 19.9. The van der Waals surface area contributed by atoms with Crippen molar-refractivity contribution in [2.75, 3.05) is 38.2 Å². The number of hydrogen-bond donors (Lipinski definition) is 0. The van der Waals surface area contributed by atoms with Crippen LogP contribution in [0.3, 0.4) is 0 Å². The highest BCUT2D eigenvalue weighted by atomic mass is 35.5. The Hall–Kier alpha value is -2.41. The molecule has 7 heteroatoms. The van der Waals surface area contributed by atoms with Gasteiger partial charge in [-0.3, -0.25) is 19.4 Å². The second-order valence-corrected chi connectivity index (χ2v) is 7.80. The Kier molecular flexibility index (Phi) is 5.85. The van der Waals surface area contributed by atoms with Gasteiger partial charge in [0.15, 0.2) is 0 Å². The molecular weight excluding hydrogens is 390 g/mol. The smallest absolute Gasteiger partial charge is 0.251 e. The van der Waals surface area contributed by atoms with Crippen molar-refractivity contribution in [3.8, 4) is 5.75 Å². The summed E-state index contributed by atoms with van der Waals surface area (Å²) in [6, 6.07) is 14.6. The lowest BCUT2D eigenvalue weighted by Crippen LogP contribution is -2.52. The number of hydrogen-bond acceptors (Lipinski definition) is 5. The molecule has 0 spiro atoms. The fraction of sp³-hybridized carbons (Fsp3) is 0.364. The molecule has 6 nitrogen and oxygen atoms in total. The van der Waals surface area contributed by atoms with Gasteiger partial charge in [0.05, 0.1) is 25.3 Å². The van der Waals surface area contributed by atoms with Crippen LogP contribution in [0.2, 0.25) is 5.02 Å². The maximum absolute atomic E-state index is 13.0. The van der Waals surface area contributed by atoms with E-state index in [2.05, 4.69) is 9.80 Å². The lowest BCUT2D eigenvalue weighted by molar-refractivity contribution is -0.123. The molecule has 2 fully saturated rings. The average Bonchev–Trinajstić information content (AvgIpc) is 3.04. The molecule has 0 aromatic heterocycles. The minimum Gasteiger partial charge on any atom is -0.497 e. The van der Waals surface area contributed by atoms with Gasteiger partial charge in [0, 0.05) is 43.8 Å². The van der Waals surface area contributed by atoms with Crippen LogP contribution in [0.1, 0.15) is 12.0 Å². The number of ether oxygens (including phenoxy) is 1. The highest BCUT2D eigenvalue weighted by Gasteiger charge is 2.43. The molecule has 2 amide bonds. The highest BCUT2D eigenvalue weighted by molar-refractivity contribution is 6.31. The van der Waals surface area contributed by atoms with E-state index in [1.165, 1.54) is 4.90 Å². The number of nitrogens with zero attached hydrogens (tertiary/aromatic N) is 3. The molecule has 1 atom stereocenters. The fourth-order valence-electron chi connectivity index (χ4n) is 4.02. The zero-order valence-electron chi connectivity index (χ0n) is 16.4. The molecule has 2 saturated heterocycles. The van der Waals surface area contributed by atoms with Gasteiger partial charge in [0.1, 0.15) is 5.75 Å². The van der Waals surface area contributed by atoms with E-state index in [0.29, 0.717) is 11.4 Å². The molecule has 2 aromatic rings. The van der Waals surface area contributed by atoms with E-state index in [0.717, 1.165) is 43.3 Å². The summed E-state index contributed by atoms with van der Waals surface area (Å²) in [7, 11) is 1.57. The van der Waals surface area contributed by atoms with E-state index < -0.39 is 6.04 Å². The lowest BCUT2D eigenvalue weighted by Gasteiger charge is -2.37. The van der Waals surface area contributed by atoms with Gasteiger partial charge in [0.2, 0.25) is 5.91 Å². The first-order valence-electron chi connectivity index (χ1n) is 9.77. The molecule has 0 saturated carbocycles. The predicted molar refractivity (Wildman–Crippen MR) is 112 cm³/mol. The summed E-state index contributed by atoms with van der Waals surface area (Å²) in [6.07, 6.45) is 0.223. The van der Waals surface area contributed by atoms with E-state index >= 15 is 0 Å². The molecule has 29 heavy (non-hydrogen) atoms. The number of piperazine rings is 1. The molecule has 2 heterocycles. The zero-order chi connectivity index (χ0) is 20.4.